The molecule has 0 atom stereocenters. The molecular formula is C16H28O3Si2. The molecule has 0 saturated carbocycles. The van der Waals surface area contributed by atoms with Gasteiger partial charge in [-0.15, -0.1) is 0 Å². The molecule has 1 aromatic carbocycles. The van der Waals surface area contributed by atoms with Crippen molar-refractivity contribution in [3.8, 4) is 5.75 Å². The minimum absolute atomic E-state index is 0.297. The van der Waals surface area contributed by atoms with Crippen molar-refractivity contribution in [1.29, 1.82) is 0 Å². The maximum absolute atomic E-state index is 10.8. The normalized spacial score (nSPS) is 12.2. The van der Waals surface area contributed by atoms with Gasteiger partial charge in [-0.1, -0.05) is 44.4 Å². The summed E-state index contributed by atoms with van der Waals surface area (Å²) in [5, 5.41) is 8.84. The van der Waals surface area contributed by atoms with Crippen molar-refractivity contribution in [3.63, 3.8) is 0 Å². The molecule has 0 radical (unpaired) electrons. The Kier molecular flexibility index (Phi) is 6.22. The standard InChI is InChI=1S/C16H28O3Si2/c1-20(2,3)13-21(4,5)12-6-11-19-15-9-7-14(8-10-15)16(17)18/h7-10H,6,11-13H2,1-5H3,(H,17,18). The van der Waals surface area contributed by atoms with E-state index in [9.17, 15) is 4.79 Å². The largest absolute Gasteiger partial charge is 0.494 e. The Morgan fingerprint density at radius 1 is 1.10 bits per heavy atom. The third kappa shape index (κ3) is 7.48. The van der Waals surface area contributed by atoms with E-state index in [1.54, 1.807) is 24.3 Å². The third-order valence-electron chi connectivity index (χ3n) is 3.38. The molecule has 0 aliphatic rings. The molecule has 0 aromatic heterocycles. The smallest absolute Gasteiger partial charge is 0.335 e. The van der Waals surface area contributed by atoms with Gasteiger partial charge in [0.15, 0.2) is 0 Å². The highest BCUT2D eigenvalue weighted by atomic mass is 28.4. The van der Waals surface area contributed by atoms with Crippen LogP contribution in [0.25, 0.3) is 0 Å². The molecule has 1 N–H and O–H groups in total. The third-order valence-corrected chi connectivity index (χ3v) is 13.2. The van der Waals surface area contributed by atoms with Crippen molar-refractivity contribution in [3.05, 3.63) is 29.8 Å². The van der Waals surface area contributed by atoms with Crippen molar-refractivity contribution in [2.24, 2.45) is 0 Å². The molecular weight excluding hydrogens is 296 g/mol. The Hall–Kier alpha value is -1.08. The zero-order valence-electron chi connectivity index (χ0n) is 13.9. The van der Waals surface area contributed by atoms with E-state index in [4.69, 9.17) is 9.84 Å². The Morgan fingerprint density at radius 2 is 1.67 bits per heavy atom. The number of rotatable bonds is 8. The van der Waals surface area contributed by atoms with Gasteiger partial charge >= 0.3 is 5.97 Å². The second kappa shape index (κ2) is 7.27. The van der Waals surface area contributed by atoms with Crippen molar-refractivity contribution >= 4 is 22.1 Å². The molecule has 1 aromatic rings. The zero-order valence-corrected chi connectivity index (χ0v) is 15.9. The van der Waals surface area contributed by atoms with Gasteiger partial charge in [0.1, 0.15) is 5.75 Å². The van der Waals surface area contributed by atoms with Crippen LogP contribution in [0.15, 0.2) is 24.3 Å². The number of ether oxygens (including phenoxy) is 1. The van der Waals surface area contributed by atoms with Gasteiger partial charge < -0.3 is 9.84 Å². The van der Waals surface area contributed by atoms with Crippen LogP contribution in [0.2, 0.25) is 44.4 Å². The molecule has 0 unspecified atom stereocenters. The Bertz CT molecular complexity index is 461. The van der Waals surface area contributed by atoms with Crippen LogP contribution in [-0.4, -0.2) is 33.8 Å². The highest BCUT2D eigenvalue weighted by molar-refractivity contribution is 6.94. The number of carboxylic acids is 1. The molecule has 0 spiro atoms. The second-order valence-electron chi connectivity index (χ2n) is 7.68. The summed E-state index contributed by atoms with van der Waals surface area (Å²) in [6, 6.07) is 7.93. The summed E-state index contributed by atoms with van der Waals surface area (Å²) >= 11 is 0. The summed E-state index contributed by atoms with van der Waals surface area (Å²) in [6.45, 7) is 13.0. The summed E-state index contributed by atoms with van der Waals surface area (Å²) in [6.07, 6.45) is 1.09. The minimum atomic E-state index is -1.10. The van der Waals surface area contributed by atoms with Crippen LogP contribution in [-0.2, 0) is 0 Å². The zero-order chi connectivity index (χ0) is 16.1. The van der Waals surface area contributed by atoms with Crippen LogP contribution in [0, 0.1) is 0 Å². The van der Waals surface area contributed by atoms with Crippen LogP contribution in [0.3, 0.4) is 0 Å². The lowest BCUT2D eigenvalue weighted by atomic mass is 10.2. The van der Waals surface area contributed by atoms with Gasteiger partial charge in [0.25, 0.3) is 0 Å². The Labute approximate surface area is 130 Å². The molecule has 0 aliphatic heterocycles. The number of benzene rings is 1. The van der Waals surface area contributed by atoms with E-state index in [1.165, 1.54) is 11.7 Å². The molecule has 118 valence electrons. The van der Waals surface area contributed by atoms with Crippen molar-refractivity contribution < 1.29 is 14.6 Å². The molecule has 0 bridgehead atoms. The quantitative estimate of drug-likeness (QED) is 0.555. The Morgan fingerprint density at radius 3 is 2.14 bits per heavy atom. The maximum Gasteiger partial charge on any atom is 0.335 e. The van der Waals surface area contributed by atoms with Crippen molar-refractivity contribution in [2.45, 2.75) is 50.9 Å². The average Bonchev–Trinajstić information content (AvgIpc) is 2.32. The number of hydrogen-bond acceptors (Lipinski definition) is 2. The number of carbonyl (C=O) groups is 1. The lowest BCUT2D eigenvalue weighted by Crippen LogP contribution is -2.37. The van der Waals surface area contributed by atoms with Crippen LogP contribution >= 0.6 is 0 Å². The summed E-state index contributed by atoms with van der Waals surface area (Å²) in [4.78, 5) is 10.8. The molecule has 0 aliphatic carbocycles. The van der Waals surface area contributed by atoms with Gasteiger partial charge in [-0.05, 0) is 30.7 Å². The maximum atomic E-state index is 10.8. The fraction of sp³-hybridized carbons (Fsp3) is 0.562. The van der Waals surface area contributed by atoms with Gasteiger partial charge in [0.2, 0.25) is 0 Å². The number of aromatic carboxylic acids is 1. The summed E-state index contributed by atoms with van der Waals surface area (Å²) in [7, 11) is -2.07. The molecule has 0 amide bonds. The SMILES string of the molecule is C[Si](C)(C)C[Si](C)(C)CCCOc1ccc(C(=O)O)cc1. The van der Waals surface area contributed by atoms with Crippen LogP contribution in [0.5, 0.6) is 5.75 Å². The highest BCUT2D eigenvalue weighted by Crippen LogP contribution is 2.24. The second-order valence-corrected chi connectivity index (χ2v) is 19.0. The van der Waals surface area contributed by atoms with E-state index in [0.717, 1.165) is 12.2 Å². The fourth-order valence-corrected chi connectivity index (χ4v) is 16.3. The van der Waals surface area contributed by atoms with E-state index < -0.39 is 22.1 Å². The number of carboxylic acid groups (broad SMARTS) is 1. The summed E-state index contributed by atoms with van der Waals surface area (Å²) in [5.41, 5.74) is 1.76. The minimum Gasteiger partial charge on any atom is -0.494 e. The Balaban J connectivity index is 2.35. The highest BCUT2D eigenvalue weighted by Gasteiger charge is 2.27. The monoisotopic (exact) mass is 324 g/mol. The van der Waals surface area contributed by atoms with E-state index >= 15 is 0 Å². The molecule has 0 saturated heterocycles. The van der Waals surface area contributed by atoms with Crippen LogP contribution in [0.4, 0.5) is 0 Å². The first kappa shape index (κ1) is 18.0. The van der Waals surface area contributed by atoms with Gasteiger partial charge in [-0.2, -0.15) is 0 Å². The van der Waals surface area contributed by atoms with E-state index in [0.29, 0.717) is 12.2 Å². The topological polar surface area (TPSA) is 46.5 Å². The van der Waals surface area contributed by atoms with Crippen LogP contribution in [0.1, 0.15) is 16.8 Å². The van der Waals surface area contributed by atoms with Gasteiger partial charge in [0.05, 0.1) is 12.2 Å². The van der Waals surface area contributed by atoms with Gasteiger partial charge in [0, 0.05) is 16.1 Å². The van der Waals surface area contributed by atoms with Gasteiger partial charge in [-0.25, -0.2) is 4.79 Å². The predicted octanol–water partition coefficient (Wildman–Crippen LogP) is 4.74. The molecule has 3 nitrogen and oxygen atoms in total. The van der Waals surface area contributed by atoms with Gasteiger partial charge in [-0.3, -0.25) is 0 Å². The predicted molar refractivity (Wildman–Crippen MR) is 94.0 cm³/mol. The first-order valence-corrected chi connectivity index (χ1v) is 14.7. The van der Waals surface area contributed by atoms with Crippen molar-refractivity contribution in [1.82, 2.24) is 0 Å². The molecule has 1 rings (SSSR count). The van der Waals surface area contributed by atoms with E-state index in [1.807, 2.05) is 0 Å². The lowest BCUT2D eigenvalue weighted by molar-refractivity contribution is 0.0697. The first-order chi connectivity index (χ1) is 9.59. The lowest BCUT2D eigenvalue weighted by Gasteiger charge is -2.29. The molecule has 0 heterocycles. The summed E-state index contributed by atoms with van der Waals surface area (Å²) in [5.74, 6) is -0.148. The fourth-order valence-electron chi connectivity index (χ4n) is 2.96. The number of hydrogen-bond donors (Lipinski definition) is 1. The summed E-state index contributed by atoms with van der Waals surface area (Å²) < 4.78 is 5.71. The van der Waals surface area contributed by atoms with E-state index in [2.05, 4.69) is 32.7 Å². The average molecular weight is 325 g/mol. The molecule has 0 fully saturated rings. The first-order valence-electron chi connectivity index (χ1n) is 7.55. The van der Waals surface area contributed by atoms with E-state index in [-0.39, 0.29) is 0 Å². The molecule has 21 heavy (non-hydrogen) atoms. The molecule has 5 heteroatoms. The van der Waals surface area contributed by atoms with Crippen molar-refractivity contribution in [2.75, 3.05) is 6.61 Å². The van der Waals surface area contributed by atoms with Crippen LogP contribution < -0.4 is 4.74 Å².